The van der Waals surface area contributed by atoms with Crippen molar-refractivity contribution < 1.29 is 8.42 Å². The van der Waals surface area contributed by atoms with Crippen LogP contribution in [0.25, 0.3) is 43.7 Å². The van der Waals surface area contributed by atoms with E-state index >= 15 is 0 Å². The van der Waals surface area contributed by atoms with Gasteiger partial charge in [0.2, 0.25) is 0 Å². The maximum absolute atomic E-state index is 13.3. The molecule has 0 saturated heterocycles. The third-order valence-electron chi connectivity index (χ3n) is 5.01. The first-order chi connectivity index (χ1) is 12.2. The predicted molar refractivity (Wildman–Crippen MR) is 103 cm³/mol. The molecular formula is C20H11NO2S2. The van der Waals surface area contributed by atoms with E-state index in [1.807, 2.05) is 47.8 Å². The number of nitrogens with zero attached hydrogens (tertiary/aromatic N) is 1. The van der Waals surface area contributed by atoms with Gasteiger partial charge in [-0.15, -0.1) is 11.3 Å². The number of rotatable bonds is 0. The highest BCUT2D eigenvalue weighted by Crippen LogP contribution is 2.48. The summed E-state index contributed by atoms with van der Waals surface area (Å²) < 4.78 is 28.6. The molecular weight excluding hydrogens is 350 g/mol. The molecule has 0 saturated carbocycles. The van der Waals surface area contributed by atoms with Crippen molar-refractivity contribution in [1.29, 1.82) is 0 Å². The van der Waals surface area contributed by atoms with Gasteiger partial charge in [0.1, 0.15) is 4.21 Å². The quantitative estimate of drug-likeness (QED) is 0.372. The standard InChI is InChI=1S/C20H11NO2S2/c22-25(23)20-14(9-10-24-20)16-11-12-5-1-2-6-13(12)18-15-7-3-4-8-17(15)21(25)19(16)18/h1-11H. The summed E-state index contributed by atoms with van der Waals surface area (Å²) >= 11 is 1.29. The summed E-state index contributed by atoms with van der Waals surface area (Å²) in [5, 5.41) is 6.07. The molecule has 2 aromatic heterocycles. The number of hydrogen-bond donors (Lipinski definition) is 0. The minimum atomic E-state index is -3.58. The van der Waals surface area contributed by atoms with Gasteiger partial charge in [0, 0.05) is 21.9 Å². The van der Waals surface area contributed by atoms with Crippen molar-refractivity contribution in [3.8, 4) is 11.1 Å². The molecule has 120 valence electrons. The summed E-state index contributed by atoms with van der Waals surface area (Å²) in [6, 6.07) is 20.0. The smallest absolute Gasteiger partial charge is 0.232 e. The van der Waals surface area contributed by atoms with Crippen LogP contribution in [0.4, 0.5) is 0 Å². The van der Waals surface area contributed by atoms with Crippen LogP contribution in [0.3, 0.4) is 0 Å². The second kappa shape index (κ2) is 4.31. The molecule has 1 aliphatic heterocycles. The zero-order valence-corrected chi connectivity index (χ0v) is 14.6. The van der Waals surface area contributed by atoms with Gasteiger partial charge in [0.25, 0.3) is 10.0 Å². The van der Waals surface area contributed by atoms with Gasteiger partial charge in [0.15, 0.2) is 0 Å². The Hall–Kier alpha value is -2.63. The van der Waals surface area contributed by atoms with Crippen molar-refractivity contribution in [2.45, 2.75) is 4.21 Å². The second-order valence-corrected chi connectivity index (χ2v) is 9.18. The van der Waals surface area contributed by atoms with E-state index in [0.717, 1.165) is 43.7 Å². The van der Waals surface area contributed by atoms with E-state index in [-0.39, 0.29) is 0 Å². The predicted octanol–water partition coefficient (Wildman–Crippen LogP) is 5.23. The normalized spacial score (nSPS) is 15.0. The van der Waals surface area contributed by atoms with Crippen LogP contribution in [0.1, 0.15) is 0 Å². The Morgan fingerprint density at radius 3 is 2.48 bits per heavy atom. The van der Waals surface area contributed by atoms with E-state index in [0.29, 0.717) is 4.21 Å². The van der Waals surface area contributed by atoms with Crippen LogP contribution in [0.15, 0.2) is 70.3 Å². The first-order valence-corrected chi connectivity index (χ1v) is 10.3. The van der Waals surface area contributed by atoms with Gasteiger partial charge in [0.05, 0.1) is 11.0 Å². The molecule has 5 aromatic rings. The summed E-state index contributed by atoms with van der Waals surface area (Å²) in [7, 11) is -3.58. The molecule has 3 aromatic carbocycles. The van der Waals surface area contributed by atoms with E-state index < -0.39 is 10.0 Å². The lowest BCUT2D eigenvalue weighted by Crippen LogP contribution is -2.16. The monoisotopic (exact) mass is 361 g/mol. The Kier molecular flexibility index (Phi) is 2.35. The molecule has 1 aliphatic rings. The van der Waals surface area contributed by atoms with Gasteiger partial charge in [-0.05, 0) is 34.4 Å². The highest BCUT2D eigenvalue weighted by Gasteiger charge is 2.34. The SMILES string of the molecule is O=S1(=O)c2sccc2-c2cc3ccccc3c3c4ccccc4n1c23. The maximum Gasteiger partial charge on any atom is 0.278 e. The zero-order chi connectivity index (χ0) is 16.8. The van der Waals surface area contributed by atoms with Crippen LogP contribution in [0.5, 0.6) is 0 Å². The van der Waals surface area contributed by atoms with Crippen molar-refractivity contribution in [3.05, 3.63) is 66.0 Å². The lowest BCUT2D eigenvalue weighted by Gasteiger charge is -2.18. The minimum Gasteiger partial charge on any atom is -0.232 e. The molecule has 0 amide bonds. The molecule has 0 atom stereocenters. The van der Waals surface area contributed by atoms with E-state index in [9.17, 15) is 8.42 Å². The van der Waals surface area contributed by atoms with Crippen LogP contribution < -0.4 is 0 Å². The molecule has 25 heavy (non-hydrogen) atoms. The molecule has 0 N–H and O–H groups in total. The largest absolute Gasteiger partial charge is 0.278 e. The average molecular weight is 361 g/mol. The third-order valence-corrected chi connectivity index (χ3v) is 8.19. The van der Waals surface area contributed by atoms with Crippen LogP contribution in [0.2, 0.25) is 0 Å². The third kappa shape index (κ3) is 1.49. The molecule has 3 nitrogen and oxygen atoms in total. The van der Waals surface area contributed by atoms with Crippen molar-refractivity contribution in [2.24, 2.45) is 0 Å². The molecule has 6 rings (SSSR count). The molecule has 0 radical (unpaired) electrons. The summed E-state index contributed by atoms with van der Waals surface area (Å²) in [6.45, 7) is 0. The van der Waals surface area contributed by atoms with E-state index in [4.69, 9.17) is 0 Å². The molecule has 0 unspecified atom stereocenters. The summed E-state index contributed by atoms with van der Waals surface area (Å²) in [4.78, 5) is 0. The number of benzene rings is 3. The van der Waals surface area contributed by atoms with E-state index in [1.54, 1.807) is 0 Å². The molecule has 0 aliphatic carbocycles. The van der Waals surface area contributed by atoms with Crippen LogP contribution in [-0.2, 0) is 10.0 Å². The highest BCUT2D eigenvalue weighted by molar-refractivity contribution is 7.92. The van der Waals surface area contributed by atoms with Crippen molar-refractivity contribution >= 4 is 53.9 Å². The van der Waals surface area contributed by atoms with Crippen LogP contribution in [-0.4, -0.2) is 12.4 Å². The van der Waals surface area contributed by atoms with Gasteiger partial charge in [-0.2, -0.15) is 8.42 Å². The Morgan fingerprint density at radius 1 is 0.840 bits per heavy atom. The molecule has 0 bridgehead atoms. The molecule has 3 heterocycles. The van der Waals surface area contributed by atoms with Gasteiger partial charge in [-0.25, -0.2) is 3.97 Å². The average Bonchev–Trinajstić information content (AvgIpc) is 3.24. The number of aromatic nitrogens is 1. The lowest BCUT2D eigenvalue weighted by molar-refractivity contribution is 0.592. The molecule has 5 heteroatoms. The first-order valence-electron chi connectivity index (χ1n) is 7.96. The summed E-state index contributed by atoms with van der Waals surface area (Å²) in [5.41, 5.74) is 3.35. The Labute approximate surface area is 147 Å². The molecule has 0 fully saturated rings. The highest BCUT2D eigenvalue weighted by atomic mass is 32.2. The van der Waals surface area contributed by atoms with E-state index in [2.05, 4.69) is 18.2 Å². The first kappa shape index (κ1) is 13.6. The van der Waals surface area contributed by atoms with E-state index in [1.165, 1.54) is 15.3 Å². The minimum absolute atomic E-state index is 0.429. The van der Waals surface area contributed by atoms with Crippen LogP contribution in [0, 0.1) is 0 Å². The van der Waals surface area contributed by atoms with Gasteiger partial charge in [-0.3, -0.25) is 0 Å². The Bertz CT molecular complexity index is 1460. The van der Waals surface area contributed by atoms with Gasteiger partial charge in [-0.1, -0.05) is 42.5 Å². The van der Waals surface area contributed by atoms with Gasteiger partial charge < -0.3 is 0 Å². The zero-order valence-electron chi connectivity index (χ0n) is 12.9. The summed E-state index contributed by atoms with van der Waals surface area (Å²) in [5.74, 6) is 0. The van der Waals surface area contributed by atoms with Gasteiger partial charge >= 0.3 is 0 Å². The number of fused-ring (bicyclic) bond motifs is 7. The second-order valence-electron chi connectivity index (χ2n) is 6.28. The van der Waals surface area contributed by atoms with Crippen molar-refractivity contribution in [3.63, 3.8) is 0 Å². The molecule has 0 spiro atoms. The maximum atomic E-state index is 13.3. The fraction of sp³-hybridized carbons (Fsp3) is 0. The number of hydrogen-bond acceptors (Lipinski definition) is 3. The van der Waals surface area contributed by atoms with Crippen molar-refractivity contribution in [2.75, 3.05) is 0 Å². The fourth-order valence-electron chi connectivity index (χ4n) is 4.04. The topological polar surface area (TPSA) is 39.1 Å². The van der Waals surface area contributed by atoms with Crippen LogP contribution >= 0.6 is 11.3 Å². The Morgan fingerprint density at radius 2 is 1.60 bits per heavy atom. The Balaban J connectivity index is 2.07. The summed E-state index contributed by atoms with van der Waals surface area (Å²) in [6.07, 6.45) is 0. The lowest BCUT2D eigenvalue weighted by atomic mass is 9.97. The van der Waals surface area contributed by atoms with Crippen molar-refractivity contribution in [1.82, 2.24) is 3.97 Å². The fourth-order valence-corrected chi connectivity index (χ4v) is 7.01. The number of thiophene rings is 1. The number of para-hydroxylation sites is 1.